The first-order chi connectivity index (χ1) is 9.68. The molecule has 4 bridgehead atoms. The predicted octanol–water partition coefficient (Wildman–Crippen LogP) is 4.97. The molecule has 4 aliphatic carbocycles. The van der Waals surface area contributed by atoms with Crippen LogP contribution in [0, 0.1) is 17.8 Å². The number of carbonyl (C=O) groups is 1. The van der Waals surface area contributed by atoms with Crippen molar-refractivity contribution in [3.63, 3.8) is 0 Å². The van der Waals surface area contributed by atoms with Crippen molar-refractivity contribution in [1.29, 1.82) is 0 Å². The van der Waals surface area contributed by atoms with Gasteiger partial charge in [0.1, 0.15) is 0 Å². The third-order valence-corrected chi connectivity index (χ3v) is 8.49. The molecule has 0 unspecified atom stereocenters. The van der Waals surface area contributed by atoms with E-state index in [9.17, 15) is 4.79 Å². The summed E-state index contributed by atoms with van der Waals surface area (Å²) in [5.74, 6) is 2.80. The quantitative estimate of drug-likeness (QED) is 0.737. The van der Waals surface area contributed by atoms with Crippen LogP contribution in [-0.2, 0) is 10.2 Å². The predicted molar refractivity (Wildman–Crippen MR) is 82.6 cm³/mol. The summed E-state index contributed by atoms with van der Waals surface area (Å²) in [5.41, 5.74) is 0.450. The lowest BCUT2D eigenvalue weighted by atomic mass is 9.50. The Kier molecular flexibility index (Phi) is 3.19. The van der Waals surface area contributed by atoms with Gasteiger partial charge in [-0.1, -0.05) is 0 Å². The van der Waals surface area contributed by atoms with Gasteiger partial charge in [-0.3, -0.25) is 0 Å². The molecule has 4 saturated carbocycles. The van der Waals surface area contributed by atoms with Gasteiger partial charge in [-0.15, -0.1) is 11.3 Å². The lowest BCUT2D eigenvalue weighted by Crippen LogP contribution is -2.47. The number of hydrogen-bond donors (Lipinski definition) is 0. The highest BCUT2D eigenvalue weighted by Crippen LogP contribution is 2.62. The molecule has 0 aliphatic heterocycles. The highest BCUT2D eigenvalue weighted by atomic mass is 32.1. The third kappa shape index (κ3) is 2.05. The normalized spacial score (nSPS) is 38.5. The Morgan fingerprint density at radius 2 is 1.90 bits per heavy atom. The first kappa shape index (κ1) is 13.3. The molecule has 0 amide bonds. The Bertz CT molecular complexity index is 501. The standard InChI is InChI=1S/C16H21O2PS/c1-2-18-14(17)13-9-20-15(19-13)16-6-10-3-11(7-16)5-12(4-10)8-16/h9-12H,2-8H2,1H3. The smallest absolute Gasteiger partial charge is 0.343 e. The van der Waals surface area contributed by atoms with E-state index in [1.807, 2.05) is 23.6 Å². The fourth-order valence-electron chi connectivity index (χ4n) is 5.19. The van der Waals surface area contributed by atoms with Gasteiger partial charge in [-0.2, -0.15) is 0 Å². The number of rotatable bonds is 3. The van der Waals surface area contributed by atoms with Crippen LogP contribution < -0.4 is 0 Å². The summed E-state index contributed by atoms with van der Waals surface area (Å²) < 4.78 is 6.71. The molecule has 4 aliphatic rings. The molecule has 20 heavy (non-hydrogen) atoms. The van der Waals surface area contributed by atoms with Gasteiger partial charge in [0.25, 0.3) is 0 Å². The van der Waals surface area contributed by atoms with E-state index in [1.165, 1.54) is 38.5 Å². The molecule has 0 radical (unpaired) electrons. The summed E-state index contributed by atoms with van der Waals surface area (Å²) in [7, 11) is 1.15. The van der Waals surface area contributed by atoms with Crippen molar-refractivity contribution in [2.45, 2.75) is 50.9 Å². The van der Waals surface area contributed by atoms with Crippen molar-refractivity contribution < 1.29 is 9.53 Å². The second-order valence-corrected chi connectivity index (χ2v) is 9.29. The maximum Gasteiger partial charge on any atom is 0.343 e. The Balaban J connectivity index is 1.62. The van der Waals surface area contributed by atoms with Crippen molar-refractivity contribution in [3.8, 4) is 0 Å². The van der Waals surface area contributed by atoms with Crippen LogP contribution in [0.3, 0.4) is 0 Å². The van der Waals surface area contributed by atoms with E-state index in [-0.39, 0.29) is 5.97 Å². The minimum Gasteiger partial charge on any atom is -0.462 e. The number of carbonyl (C=O) groups excluding carboxylic acids is 1. The number of ether oxygens (including phenoxy) is 1. The minimum absolute atomic E-state index is 0.110. The lowest BCUT2D eigenvalue weighted by Gasteiger charge is -2.56. The van der Waals surface area contributed by atoms with Gasteiger partial charge in [0.05, 0.1) is 11.9 Å². The molecule has 1 aromatic rings. The fraction of sp³-hybridized carbons (Fsp3) is 0.750. The molecule has 0 spiro atoms. The SMILES string of the molecule is CCOC(=O)c1csc(C23CC4CC(CC(C4)C2)C3)p1. The molecule has 4 heteroatoms. The Labute approximate surface area is 126 Å². The molecule has 1 heterocycles. The zero-order chi connectivity index (χ0) is 13.7. The van der Waals surface area contributed by atoms with Gasteiger partial charge in [-0.25, -0.2) is 4.79 Å². The molecule has 0 saturated heterocycles. The number of hydrogen-bond acceptors (Lipinski definition) is 3. The van der Waals surface area contributed by atoms with E-state index < -0.39 is 0 Å². The van der Waals surface area contributed by atoms with Crippen molar-refractivity contribution in [2.75, 3.05) is 6.61 Å². The molecule has 0 atom stereocenters. The molecule has 0 N–H and O–H groups in total. The topological polar surface area (TPSA) is 26.3 Å². The van der Waals surface area contributed by atoms with E-state index in [2.05, 4.69) is 0 Å². The van der Waals surface area contributed by atoms with Crippen molar-refractivity contribution in [1.82, 2.24) is 0 Å². The fourth-order valence-corrected chi connectivity index (χ4v) is 7.93. The molecule has 0 aromatic carbocycles. The Morgan fingerprint density at radius 3 is 2.45 bits per heavy atom. The molecule has 2 nitrogen and oxygen atoms in total. The van der Waals surface area contributed by atoms with E-state index >= 15 is 0 Å². The van der Waals surface area contributed by atoms with Gasteiger partial charge in [0, 0.05) is 15.4 Å². The Morgan fingerprint density at radius 1 is 1.30 bits per heavy atom. The van der Waals surface area contributed by atoms with Gasteiger partial charge in [0.15, 0.2) is 0 Å². The summed E-state index contributed by atoms with van der Waals surface area (Å²) in [5, 5.41) is 2.91. The largest absolute Gasteiger partial charge is 0.462 e. The van der Waals surface area contributed by atoms with Gasteiger partial charge >= 0.3 is 5.97 Å². The van der Waals surface area contributed by atoms with Crippen LogP contribution in [0.5, 0.6) is 0 Å². The van der Waals surface area contributed by atoms with Crippen LogP contribution in [0.2, 0.25) is 0 Å². The second-order valence-electron chi connectivity index (χ2n) is 6.96. The van der Waals surface area contributed by atoms with E-state index in [1.54, 1.807) is 4.61 Å². The molecular formula is C16H21O2PS. The molecule has 5 rings (SSSR count). The van der Waals surface area contributed by atoms with Crippen molar-refractivity contribution in [2.24, 2.45) is 17.8 Å². The van der Waals surface area contributed by atoms with Crippen LogP contribution >= 0.6 is 19.5 Å². The van der Waals surface area contributed by atoms with Gasteiger partial charge < -0.3 is 4.74 Å². The van der Waals surface area contributed by atoms with Crippen molar-refractivity contribution >= 4 is 25.5 Å². The lowest BCUT2D eigenvalue weighted by molar-refractivity contribution is -0.00192. The summed E-state index contributed by atoms with van der Waals surface area (Å²) in [6.45, 7) is 2.35. The highest BCUT2D eigenvalue weighted by Gasteiger charge is 2.52. The van der Waals surface area contributed by atoms with Gasteiger partial charge in [0.2, 0.25) is 0 Å². The highest BCUT2D eigenvalue weighted by molar-refractivity contribution is 7.43. The summed E-state index contributed by atoms with van der Waals surface area (Å²) in [6.07, 6.45) is 8.60. The van der Waals surface area contributed by atoms with E-state index in [4.69, 9.17) is 4.74 Å². The first-order valence-electron chi connectivity index (χ1n) is 7.81. The maximum atomic E-state index is 11.9. The zero-order valence-electron chi connectivity index (χ0n) is 11.9. The van der Waals surface area contributed by atoms with Crippen LogP contribution in [0.15, 0.2) is 5.38 Å². The summed E-state index contributed by atoms with van der Waals surface area (Å²) in [6, 6.07) is 0. The van der Waals surface area contributed by atoms with Crippen molar-refractivity contribution in [3.05, 3.63) is 15.3 Å². The van der Waals surface area contributed by atoms with Gasteiger partial charge in [-0.05, 0) is 71.4 Å². The second kappa shape index (κ2) is 4.81. The summed E-state index contributed by atoms with van der Waals surface area (Å²) in [4.78, 5) is 11.9. The van der Waals surface area contributed by atoms with E-state index in [0.717, 1.165) is 31.2 Å². The first-order valence-corrected chi connectivity index (χ1v) is 9.59. The monoisotopic (exact) mass is 308 g/mol. The van der Waals surface area contributed by atoms with Crippen LogP contribution in [-0.4, -0.2) is 12.6 Å². The minimum atomic E-state index is -0.110. The molecule has 108 valence electrons. The zero-order valence-corrected chi connectivity index (χ0v) is 13.6. The van der Waals surface area contributed by atoms with Crippen LogP contribution in [0.4, 0.5) is 0 Å². The number of esters is 1. The maximum absolute atomic E-state index is 11.9. The molecule has 1 aromatic heterocycles. The average Bonchev–Trinajstić information content (AvgIpc) is 2.87. The summed E-state index contributed by atoms with van der Waals surface area (Å²) >= 11 is 1.83. The van der Waals surface area contributed by atoms with Crippen LogP contribution in [0.1, 0.15) is 60.1 Å². The molecule has 4 fully saturated rings. The molecular weight excluding hydrogens is 287 g/mol. The Hall–Kier alpha value is -0.400. The van der Waals surface area contributed by atoms with E-state index in [0.29, 0.717) is 12.0 Å². The van der Waals surface area contributed by atoms with Crippen LogP contribution in [0.25, 0.3) is 0 Å². The third-order valence-electron chi connectivity index (χ3n) is 5.48. The average molecular weight is 308 g/mol.